The van der Waals surface area contributed by atoms with Crippen molar-refractivity contribution in [2.45, 2.75) is 6.92 Å². The molecule has 0 fully saturated rings. The number of rotatable bonds is 3. The summed E-state index contributed by atoms with van der Waals surface area (Å²) >= 11 is 17.2. The van der Waals surface area contributed by atoms with Gasteiger partial charge in [0.2, 0.25) is 0 Å². The first kappa shape index (κ1) is 15.9. The predicted octanol–water partition coefficient (Wildman–Crippen LogP) is 5.12. The molecule has 0 aromatic heterocycles. The number of hydrogen-bond donors (Lipinski definition) is 2. The normalized spacial score (nSPS) is 10.1. The van der Waals surface area contributed by atoms with Crippen LogP contribution in [0, 0.1) is 6.92 Å². The van der Waals surface area contributed by atoms with Gasteiger partial charge in [-0.25, -0.2) is 0 Å². The minimum atomic E-state index is 0.451. The van der Waals surface area contributed by atoms with E-state index in [-0.39, 0.29) is 0 Å². The van der Waals surface area contributed by atoms with Crippen molar-refractivity contribution in [2.24, 2.45) is 0 Å². The van der Waals surface area contributed by atoms with Gasteiger partial charge >= 0.3 is 0 Å². The Balaban J connectivity index is 2.08. The molecule has 3 nitrogen and oxygen atoms in total. The Bertz CT molecular complexity index is 677. The molecule has 110 valence electrons. The zero-order valence-electron chi connectivity index (χ0n) is 11.5. The second-order valence-electron chi connectivity index (χ2n) is 4.38. The summed E-state index contributed by atoms with van der Waals surface area (Å²) < 4.78 is 5.17. The first-order valence-corrected chi connectivity index (χ1v) is 7.33. The van der Waals surface area contributed by atoms with Crippen molar-refractivity contribution in [3.8, 4) is 5.75 Å². The van der Waals surface area contributed by atoms with Gasteiger partial charge < -0.3 is 15.4 Å². The third-order valence-corrected chi connectivity index (χ3v) is 3.61. The topological polar surface area (TPSA) is 33.3 Å². The Hall–Kier alpha value is -1.49. The Morgan fingerprint density at radius 2 is 1.71 bits per heavy atom. The quantitative estimate of drug-likeness (QED) is 0.759. The van der Waals surface area contributed by atoms with Gasteiger partial charge in [0.1, 0.15) is 5.75 Å². The lowest BCUT2D eigenvalue weighted by Crippen LogP contribution is -2.19. The van der Waals surface area contributed by atoms with Gasteiger partial charge in [-0.1, -0.05) is 23.2 Å². The lowest BCUT2D eigenvalue weighted by Gasteiger charge is -2.14. The zero-order valence-corrected chi connectivity index (χ0v) is 13.9. The zero-order chi connectivity index (χ0) is 15.4. The summed E-state index contributed by atoms with van der Waals surface area (Å²) in [5.41, 5.74) is 2.63. The second-order valence-corrected chi connectivity index (χ2v) is 5.64. The maximum absolute atomic E-state index is 6.10. The fraction of sp³-hybridized carbons (Fsp3) is 0.133. The van der Waals surface area contributed by atoms with Crippen molar-refractivity contribution in [3.05, 3.63) is 52.0 Å². The van der Waals surface area contributed by atoms with Crippen LogP contribution in [0.3, 0.4) is 0 Å². The highest BCUT2D eigenvalue weighted by Gasteiger charge is 2.06. The Kier molecular flexibility index (Phi) is 5.28. The number of aryl methyl sites for hydroxylation is 1. The molecule has 0 amide bonds. The Morgan fingerprint density at radius 1 is 1.05 bits per heavy atom. The molecule has 0 spiro atoms. The Labute approximate surface area is 139 Å². The highest BCUT2D eigenvalue weighted by atomic mass is 35.5. The molecule has 0 bridgehead atoms. The van der Waals surface area contributed by atoms with Gasteiger partial charge in [-0.2, -0.15) is 0 Å². The lowest BCUT2D eigenvalue weighted by molar-refractivity contribution is 0.414. The molecule has 2 rings (SSSR count). The van der Waals surface area contributed by atoms with Crippen LogP contribution in [0.5, 0.6) is 5.75 Å². The van der Waals surface area contributed by atoms with Gasteiger partial charge in [0.15, 0.2) is 5.11 Å². The van der Waals surface area contributed by atoms with Crippen molar-refractivity contribution in [2.75, 3.05) is 17.7 Å². The van der Waals surface area contributed by atoms with Crippen LogP contribution in [0.25, 0.3) is 0 Å². The standard InChI is InChI=1S/C15H14Cl2N2OS/c1-9-7-11(20-2)4-6-13(9)18-15(21)19-14-5-3-10(16)8-12(14)17/h3-8H,1-2H3,(H2,18,19,21). The number of hydrogen-bond acceptors (Lipinski definition) is 2. The lowest BCUT2D eigenvalue weighted by atomic mass is 10.2. The van der Waals surface area contributed by atoms with Gasteiger partial charge in [0, 0.05) is 10.7 Å². The molecule has 2 aromatic rings. The van der Waals surface area contributed by atoms with Gasteiger partial charge in [0.05, 0.1) is 17.8 Å². The molecule has 0 aliphatic carbocycles. The number of benzene rings is 2. The van der Waals surface area contributed by atoms with Gasteiger partial charge in [-0.3, -0.25) is 0 Å². The van der Waals surface area contributed by atoms with E-state index in [0.717, 1.165) is 17.0 Å². The number of halogens is 2. The molecule has 0 heterocycles. The summed E-state index contributed by atoms with van der Waals surface area (Å²) in [5, 5.41) is 7.71. The van der Waals surface area contributed by atoms with E-state index in [4.69, 9.17) is 40.2 Å². The monoisotopic (exact) mass is 340 g/mol. The minimum Gasteiger partial charge on any atom is -0.497 e. The predicted molar refractivity (Wildman–Crippen MR) is 94.0 cm³/mol. The summed E-state index contributed by atoms with van der Waals surface area (Å²) in [4.78, 5) is 0. The van der Waals surface area contributed by atoms with Gasteiger partial charge in [0.25, 0.3) is 0 Å². The molecule has 0 saturated heterocycles. The van der Waals surface area contributed by atoms with E-state index >= 15 is 0 Å². The summed E-state index contributed by atoms with van der Waals surface area (Å²) in [7, 11) is 1.64. The molecule has 21 heavy (non-hydrogen) atoms. The van der Waals surface area contributed by atoms with Crippen LogP contribution >= 0.6 is 35.4 Å². The third-order valence-electron chi connectivity index (χ3n) is 2.86. The van der Waals surface area contributed by atoms with E-state index in [2.05, 4.69) is 10.6 Å². The molecule has 0 aliphatic rings. The van der Waals surface area contributed by atoms with Crippen LogP contribution < -0.4 is 15.4 Å². The van der Waals surface area contributed by atoms with E-state index in [1.54, 1.807) is 25.3 Å². The van der Waals surface area contributed by atoms with Gasteiger partial charge in [-0.15, -0.1) is 0 Å². The van der Waals surface area contributed by atoms with Crippen LogP contribution in [0.4, 0.5) is 11.4 Å². The average molecular weight is 341 g/mol. The summed E-state index contributed by atoms with van der Waals surface area (Å²) in [6.45, 7) is 1.97. The first-order valence-electron chi connectivity index (χ1n) is 6.17. The number of nitrogens with one attached hydrogen (secondary N) is 2. The van der Waals surface area contributed by atoms with E-state index in [9.17, 15) is 0 Å². The largest absolute Gasteiger partial charge is 0.497 e. The maximum atomic E-state index is 6.10. The second kappa shape index (κ2) is 6.98. The van der Waals surface area contributed by atoms with E-state index in [0.29, 0.717) is 20.8 Å². The van der Waals surface area contributed by atoms with Crippen LogP contribution in [0.15, 0.2) is 36.4 Å². The van der Waals surface area contributed by atoms with Crippen LogP contribution in [0.2, 0.25) is 10.0 Å². The smallest absolute Gasteiger partial charge is 0.175 e. The number of ether oxygens (including phenoxy) is 1. The van der Waals surface area contributed by atoms with Crippen LogP contribution in [-0.4, -0.2) is 12.2 Å². The fourth-order valence-electron chi connectivity index (χ4n) is 1.77. The maximum Gasteiger partial charge on any atom is 0.175 e. The minimum absolute atomic E-state index is 0.451. The molecule has 0 aliphatic heterocycles. The molecular weight excluding hydrogens is 327 g/mol. The average Bonchev–Trinajstić information content (AvgIpc) is 2.44. The Morgan fingerprint density at radius 3 is 2.33 bits per heavy atom. The van der Waals surface area contributed by atoms with E-state index < -0.39 is 0 Å². The summed E-state index contributed by atoms with van der Waals surface area (Å²) in [6.07, 6.45) is 0. The molecule has 0 saturated carbocycles. The highest BCUT2D eigenvalue weighted by Crippen LogP contribution is 2.26. The molecular formula is C15H14Cl2N2OS. The molecule has 0 radical (unpaired) electrons. The van der Waals surface area contributed by atoms with Crippen molar-refractivity contribution in [3.63, 3.8) is 0 Å². The highest BCUT2D eigenvalue weighted by molar-refractivity contribution is 7.80. The molecule has 2 N–H and O–H groups in total. The molecule has 0 unspecified atom stereocenters. The third kappa shape index (κ3) is 4.24. The fourth-order valence-corrected chi connectivity index (χ4v) is 2.45. The summed E-state index contributed by atoms with van der Waals surface area (Å²) in [6, 6.07) is 10.9. The molecule has 6 heteroatoms. The summed E-state index contributed by atoms with van der Waals surface area (Å²) in [5.74, 6) is 0.803. The number of anilines is 2. The van der Waals surface area contributed by atoms with Crippen LogP contribution in [-0.2, 0) is 0 Å². The molecule has 0 atom stereocenters. The number of thiocarbonyl (C=S) groups is 1. The molecule has 2 aromatic carbocycles. The van der Waals surface area contributed by atoms with E-state index in [1.807, 2.05) is 25.1 Å². The van der Waals surface area contributed by atoms with Crippen LogP contribution in [0.1, 0.15) is 5.56 Å². The number of methoxy groups -OCH3 is 1. The van der Waals surface area contributed by atoms with Crippen molar-refractivity contribution < 1.29 is 4.74 Å². The van der Waals surface area contributed by atoms with Crippen molar-refractivity contribution in [1.82, 2.24) is 0 Å². The van der Waals surface area contributed by atoms with Gasteiger partial charge in [-0.05, 0) is 61.1 Å². The SMILES string of the molecule is COc1ccc(NC(=S)Nc2ccc(Cl)cc2Cl)c(C)c1. The first-order chi connectivity index (χ1) is 9.99. The van der Waals surface area contributed by atoms with E-state index in [1.165, 1.54) is 0 Å². The van der Waals surface area contributed by atoms with Crippen molar-refractivity contribution in [1.29, 1.82) is 0 Å². The van der Waals surface area contributed by atoms with Crippen molar-refractivity contribution >= 4 is 51.9 Å².